The zero-order valence-electron chi connectivity index (χ0n) is 12.4. The van der Waals surface area contributed by atoms with E-state index in [0.717, 1.165) is 4.47 Å². The van der Waals surface area contributed by atoms with Crippen molar-refractivity contribution in [2.45, 2.75) is 13.2 Å². The van der Waals surface area contributed by atoms with Gasteiger partial charge < -0.3 is 4.74 Å². The molecule has 0 saturated carbocycles. The van der Waals surface area contributed by atoms with Gasteiger partial charge in [-0.1, -0.05) is 39.7 Å². The van der Waals surface area contributed by atoms with Crippen LogP contribution in [0.4, 0.5) is 0 Å². The van der Waals surface area contributed by atoms with E-state index in [0.29, 0.717) is 27.5 Å². The summed E-state index contributed by atoms with van der Waals surface area (Å²) in [6, 6.07) is 14.2. The molecule has 0 unspecified atom stereocenters. The van der Waals surface area contributed by atoms with Crippen LogP contribution in [0.5, 0.6) is 5.75 Å². The molecular weight excluding hydrogens is 394 g/mol. The van der Waals surface area contributed by atoms with Crippen LogP contribution in [0, 0.1) is 11.3 Å². The number of rotatable bonds is 4. The van der Waals surface area contributed by atoms with Crippen LogP contribution in [0.3, 0.4) is 0 Å². The van der Waals surface area contributed by atoms with Crippen molar-refractivity contribution in [3.8, 4) is 11.8 Å². The Hall–Kier alpha value is -2.36. The second kappa shape index (κ2) is 7.04. The summed E-state index contributed by atoms with van der Waals surface area (Å²) >= 11 is 9.45. The standard InChI is InChI=1S/C17H11BrClN3O2/c18-11-5-6-15(13(19)9-11)24-10-16-21-14-4-2-1-3-12(14)17(23)22(16)8-7-20/h1-6,9H,8,10H2. The summed E-state index contributed by atoms with van der Waals surface area (Å²) in [5.74, 6) is 0.852. The average molecular weight is 405 g/mol. The van der Waals surface area contributed by atoms with Crippen molar-refractivity contribution in [1.29, 1.82) is 5.26 Å². The van der Waals surface area contributed by atoms with Gasteiger partial charge in [-0.2, -0.15) is 5.26 Å². The number of ether oxygens (including phenoxy) is 1. The highest BCUT2D eigenvalue weighted by molar-refractivity contribution is 9.10. The summed E-state index contributed by atoms with van der Waals surface area (Å²) in [5, 5.41) is 9.91. The average Bonchev–Trinajstić information content (AvgIpc) is 2.57. The lowest BCUT2D eigenvalue weighted by Crippen LogP contribution is -2.26. The molecule has 0 aliphatic carbocycles. The van der Waals surface area contributed by atoms with Gasteiger partial charge >= 0.3 is 0 Å². The Morgan fingerprint density at radius 2 is 2.08 bits per heavy atom. The maximum Gasteiger partial charge on any atom is 0.262 e. The fraction of sp³-hybridized carbons (Fsp3) is 0.118. The molecule has 120 valence electrons. The number of nitrogens with zero attached hydrogens (tertiary/aromatic N) is 3. The topological polar surface area (TPSA) is 67.9 Å². The van der Waals surface area contributed by atoms with Crippen molar-refractivity contribution < 1.29 is 4.74 Å². The number of aromatic nitrogens is 2. The molecule has 1 aromatic heterocycles. The molecule has 0 radical (unpaired) electrons. The predicted octanol–water partition coefficient (Wildman–Crippen LogP) is 3.91. The van der Waals surface area contributed by atoms with E-state index >= 15 is 0 Å². The molecular formula is C17H11BrClN3O2. The van der Waals surface area contributed by atoms with Crippen LogP contribution >= 0.6 is 27.5 Å². The van der Waals surface area contributed by atoms with Gasteiger partial charge in [0.2, 0.25) is 0 Å². The Bertz CT molecular complexity index is 1010. The van der Waals surface area contributed by atoms with E-state index in [1.807, 2.05) is 6.07 Å². The number of para-hydroxylation sites is 1. The zero-order valence-corrected chi connectivity index (χ0v) is 14.7. The third kappa shape index (κ3) is 3.28. The van der Waals surface area contributed by atoms with Gasteiger partial charge in [0.1, 0.15) is 18.9 Å². The summed E-state index contributed by atoms with van der Waals surface area (Å²) in [7, 11) is 0. The van der Waals surface area contributed by atoms with Crippen molar-refractivity contribution in [3.05, 3.63) is 68.1 Å². The number of halogens is 2. The third-order valence-corrected chi connectivity index (χ3v) is 4.21. The lowest BCUT2D eigenvalue weighted by Gasteiger charge is -2.12. The fourth-order valence-electron chi connectivity index (χ4n) is 2.29. The minimum absolute atomic E-state index is 0.0309. The lowest BCUT2D eigenvalue weighted by molar-refractivity contribution is 0.289. The van der Waals surface area contributed by atoms with E-state index in [1.54, 1.807) is 42.5 Å². The summed E-state index contributed by atoms with van der Waals surface area (Å²) < 4.78 is 7.84. The van der Waals surface area contributed by atoms with Crippen molar-refractivity contribution in [2.24, 2.45) is 0 Å². The largest absolute Gasteiger partial charge is 0.484 e. The molecule has 0 saturated heterocycles. The summed E-state index contributed by atoms with van der Waals surface area (Å²) in [5.41, 5.74) is 0.305. The van der Waals surface area contributed by atoms with Crippen molar-refractivity contribution in [1.82, 2.24) is 9.55 Å². The van der Waals surface area contributed by atoms with Crippen LogP contribution in [0.2, 0.25) is 5.02 Å². The van der Waals surface area contributed by atoms with E-state index in [1.165, 1.54) is 4.57 Å². The molecule has 0 atom stereocenters. The van der Waals surface area contributed by atoms with Crippen LogP contribution in [-0.2, 0) is 13.2 Å². The van der Waals surface area contributed by atoms with E-state index in [2.05, 4.69) is 20.9 Å². The Labute approximate surface area is 151 Å². The molecule has 3 rings (SSSR count). The summed E-state index contributed by atoms with van der Waals surface area (Å²) in [6.07, 6.45) is 0. The fourth-order valence-corrected chi connectivity index (χ4v) is 3.02. The smallest absolute Gasteiger partial charge is 0.262 e. The van der Waals surface area contributed by atoms with Gasteiger partial charge in [-0.05, 0) is 30.3 Å². The molecule has 0 bridgehead atoms. The van der Waals surface area contributed by atoms with Gasteiger partial charge in [-0.3, -0.25) is 9.36 Å². The van der Waals surface area contributed by atoms with Crippen LogP contribution in [-0.4, -0.2) is 9.55 Å². The Morgan fingerprint density at radius 3 is 2.83 bits per heavy atom. The maximum absolute atomic E-state index is 12.5. The van der Waals surface area contributed by atoms with Gasteiger partial charge in [-0.15, -0.1) is 0 Å². The van der Waals surface area contributed by atoms with Crippen molar-refractivity contribution in [2.75, 3.05) is 0 Å². The van der Waals surface area contributed by atoms with Gasteiger partial charge in [0.15, 0.2) is 5.82 Å². The Morgan fingerprint density at radius 1 is 1.29 bits per heavy atom. The number of benzene rings is 2. The monoisotopic (exact) mass is 403 g/mol. The number of fused-ring (bicyclic) bond motifs is 1. The first-order valence-electron chi connectivity index (χ1n) is 7.03. The molecule has 0 spiro atoms. The van der Waals surface area contributed by atoms with Crippen LogP contribution < -0.4 is 10.3 Å². The van der Waals surface area contributed by atoms with Crippen molar-refractivity contribution >= 4 is 38.4 Å². The molecule has 0 fully saturated rings. The normalized spacial score (nSPS) is 10.5. The lowest BCUT2D eigenvalue weighted by atomic mass is 10.2. The molecule has 7 heteroatoms. The summed E-state index contributed by atoms with van der Waals surface area (Å²) in [6.45, 7) is -0.0630. The first kappa shape index (κ1) is 16.5. The highest BCUT2D eigenvalue weighted by atomic mass is 79.9. The van der Waals surface area contributed by atoms with E-state index < -0.39 is 0 Å². The van der Waals surface area contributed by atoms with E-state index in [4.69, 9.17) is 21.6 Å². The minimum atomic E-state index is -0.261. The SMILES string of the molecule is N#CCn1c(COc2ccc(Br)cc2Cl)nc2ccccc2c1=O. The minimum Gasteiger partial charge on any atom is -0.484 e. The second-order valence-electron chi connectivity index (χ2n) is 4.96. The maximum atomic E-state index is 12.5. The zero-order chi connectivity index (χ0) is 17.1. The molecule has 2 aromatic carbocycles. The van der Waals surface area contributed by atoms with Crippen LogP contribution in [0.25, 0.3) is 10.9 Å². The predicted molar refractivity (Wildman–Crippen MR) is 95.1 cm³/mol. The second-order valence-corrected chi connectivity index (χ2v) is 6.28. The van der Waals surface area contributed by atoms with Gasteiger partial charge in [-0.25, -0.2) is 4.98 Å². The molecule has 0 amide bonds. The van der Waals surface area contributed by atoms with Gasteiger partial charge in [0.05, 0.1) is 22.0 Å². The Balaban J connectivity index is 2.00. The van der Waals surface area contributed by atoms with E-state index in [9.17, 15) is 4.79 Å². The quantitative estimate of drug-likeness (QED) is 0.661. The highest BCUT2D eigenvalue weighted by Crippen LogP contribution is 2.28. The first-order valence-corrected chi connectivity index (χ1v) is 8.20. The molecule has 1 heterocycles. The van der Waals surface area contributed by atoms with Gasteiger partial charge in [0, 0.05) is 4.47 Å². The molecule has 0 aliphatic heterocycles. The number of hydrogen-bond acceptors (Lipinski definition) is 4. The number of nitriles is 1. The molecule has 0 N–H and O–H groups in total. The molecule has 3 aromatic rings. The third-order valence-electron chi connectivity index (χ3n) is 3.42. The summed E-state index contributed by atoms with van der Waals surface area (Å²) in [4.78, 5) is 17.0. The molecule has 0 aliphatic rings. The first-order chi connectivity index (χ1) is 11.6. The van der Waals surface area contributed by atoms with Crippen molar-refractivity contribution in [3.63, 3.8) is 0 Å². The highest BCUT2D eigenvalue weighted by Gasteiger charge is 2.12. The van der Waals surface area contributed by atoms with Crippen LogP contribution in [0.1, 0.15) is 5.82 Å². The van der Waals surface area contributed by atoms with E-state index in [-0.39, 0.29) is 18.7 Å². The van der Waals surface area contributed by atoms with Crippen LogP contribution in [0.15, 0.2) is 51.7 Å². The van der Waals surface area contributed by atoms with Gasteiger partial charge in [0.25, 0.3) is 5.56 Å². The molecule has 5 nitrogen and oxygen atoms in total. The Kier molecular flexibility index (Phi) is 4.84. The molecule has 24 heavy (non-hydrogen) atoms. The number of hydrogen-bond donors (Lipinski definition) is 0.